The molecule has 12 nitrogen and oxygen atoms in total. The molecule has 0 unspecified atom stereocenters. The number of rotatable bonds is 6. The molecule has 0 radical (unpaired) electrons. The van der Waals surface area contributed by atoms with E-state index in [1.54, 1.807) is 4.90 Å². The maximum Gasteiger partial charge on any atom is 0.410 e. The third-order valence-electron chi connectivity index (χ3n) is 11.2. The van der Waals surface area contributed by atoms with E-state index in [1.807, 2.05) is 52.8 Å². The third-order valence-corrected chi connectivity index (χ3v) is 11.2. The van der Waals surface area contributed by atoms with E-state index in [1.165, 1.54) is 0 Å². The number of para-hydroxylation sites is 1. The number of nitrogens with one attached hydrogen (secondary N) is 1. The Morgan fingerprint density at radius 2 is 1.61 bits per heavy atom. The van der Waals surface area contributed by atoms with Crippen molar-refractivity contribution in [1.29, 1.82) is 0 Å². The second-order valence-corrected chi connectivity index (χ2v) is 14.3. The van der Waals surface area contributed by atoms with Crippen LogP contribution in [0, 0.1) is 6.92 Å². The quantitative estimate of drug-likeness (QED) is 0.426. The molecule has 1 aromatic heterocycles. The molecule has 49 heavy (non-hydrogen) atoms. The number of aromatic nitrogens is 2. The average molecular weight is 671 g/mol. The Kier molecular flexibility index (Phi) is 9.77. The average Bonchev–Trinajstić information content (AvgIpc) is 3.40. The van der Waals surface area contributed by atoms with Gasteiger partial charge in [0.05, 0.1) is 11.7 Å². The zero-order valence-electron chi connectivity index (χ0n) is 29.1. The molecule has 4 aliphatic rings. The molecule has 0 spiro atoms. The number of fused-ring (bicyclic) bond motifs is 2. The predicted molar refractivity (Wildman–Crippen MR) is 189 cm³/mol. The number of ether oxygens (including phenoxy) is 1. The number of aryl methyl sites for hydroxylation is 2. The van der Waals surface area contributed by atoms with Gasteiger partial charge in [0.25, 0.3) is 5.91 Å². The first kappa shape index (κ1) is 33.3. The Morgan fingerprint density at radius 1 is 0.898 bits per heavy atom. The molecule has 5 heterocycles. The number of carbonyl (C=O) groups excluding carboxylic acids is 3. The Hall–Kier alpha value is -4.16. The monoisotopic (exact) mass is 670 g/mol. The molecule has 0 aliphatic carbocycles. The molecule has 262 valence electrons. The summed E-state index contributed by atoms with van der Waals surface area (Å²) >= 11 is 0. The zero-order chi connectivity index (χ0) is 34.1. The van der Waals surface area contributed by atoms with Gasteiger partial charge in [-0.05, 0) is 88.0 Å². The van der Waals surface area contributed by atoms with Crippen molar-refractivity contribution in [2.75, 3.05) is 71.3 Å². The number of carbonyl (C=O) groups is 3. The van der Waals surface area contributed by atoms with E-state index in [9.17, 15) is 14.4 Å². The van der Waals surface area contributed by atoms with Gasteiger partial charge in [0.2, 0.25) is 0 Å². The van der Waals surface area contributed by atoms with Crippen LogP contribution >= 0.6 is 0 Å². The first-order chi connectivity index (χ1) is 23.7. The van der Waals surface area contributed by atoms with E-state index < -0.39 is 12.2 Å². The van der Waals surface area contributed by atoms with E-state index in [4.69, 9.17) is 4.74 Å². The summed E-state index contributed by atoms with van der Waals surface area (Å²) in [6.45, 7) is 8.79. The third kappa shape index (κ3) is 7.26. The van der Waals surface area contributed by atoms with Crippen molar-refractivity contribution >= 4 is 34.6 Å². The summed E-state index contributed by atoms with van der Waals surface area (Å²) in [5.41, 5.74) is 5.07. The molecule has 3 fully saturated rings. The van der Waals surface area contributed by atoms with E-state index in [-0.39, 0.29) is 18.0 Å². The number of amides is 4. The molecule has 0 saturated carbocycles. The summed E-state index contributed by atoms with van der Waals surface area (Å²) in [4.78, 5) is 51.4. The highest BCUT2D eigenvalue weighted by atomic mass is 16.6. The molecule has 12 heteroatoms. The zero-order valence-corrected chi connectivity index (χ0v) is 29.1. The molecule has 1 N–H and O–H groups in total. The Bertz CT molecular complexity index is 1670. The van der Waals surface area contributed by atoms with Crippen LogP contribution in [0.15, 0.2) is 42.6 Å². The van der Waals surface area contributed by atoms with Gasteiger partial charge >= 0.3 is 12.1 Å². The lowest BCUT2D eigenvalue weighted by molar-refractivity contribution is -0.143. The maximum absolute atomic E-state index is 14.2. The number of piperazine rings is 1. The molecular formula is C37H50N8O4. The molecule has 4 amide bonds. The van der Waals surface area contributed by atoms with Crippen LogP contribution in [-0.4, -0.2) is 136 Å². The van der Waals surface area contributed by atoms with Crippen LogP contribution in [-0.2, 0) is 29.4 Å². The number of urea groups is 1. The van der Waals surface area contributed by atoms with Crippen LogP contribution in [0.2, 0.25) is 0 Å². The number of anilines is 1. The van der Waals surface area contributed by atoms with Crippen molar-refractivity contribution in [3.8, 4) is 0 Å². The fourth-order valence-corrected chi connectivity index (χ4v) is 8.31. The fraction of sp³-hybridized carbons (Fsp3) is 0.568. The van der Waals surface area contributed by atoms with Crippen molar-refractivity contribution in [2.45, 2.75) is 63.6 Å². The summed E-state index contributed by atoms with van der Waals surface area (Å²) in [6.07, 6.45) is 5.18. The normalized spacial score (nSPS) is 21.0. The highest BCUT2D eigenvalue weighted by Crippen LogP contribution is 2.26. The molecule has 3 saturated heterocycles. The van der Waals surface area contributed by atoms with Gasteiger partial charge in [0.15, 0.2) is 6.10 Å². The van der Waals surface area contributed by atoms with Gasteiger partial charge in [-0.15, -0.1) is 0 Å². The van der Waals surface area contributed by atoms with Gasteiger partial charge in [-0.1, -0.05) is 24.3 Å². The second kappa shape index (κ2) is 14.4. The minimum atomic E-state index is -0.927. The van der Waals surface area contributed by atoms with Crippen molar-refractivity contribution in [1.82, 2.24) is 34.3 Å². The largest absolute Gasteiger partial charge is 0.436 e. The van der Waals surface area contributed by atoms with E-state index in [0.717, 1.165) is 78.7 Å². The standard InChI is InChI=1S/C37H50N8O4/c1-26-22-27(23-29-25-38-41(3)34(26)29)24-33(35(46)43-20-18-42(19-21-43)30-9-13-40(2)14-10-30)49-37(48)44-15-11-31(12-16-44)45-17-8-28-6-4-5-7-32(28)39-36(45)47/h4-7,22-23,25,30-31,33H,8-21,24H2,1-3H3,(H,39,47)/t33-/m1/s1. The lowest BCUT2D eigenvalue weighted by Crippen LogP contribution is -2.56. The van der Waals surface area contributed by atoms with Gasteiger partial charge in [-0.3, -0.25) is 14.4 Å². The van der Waals surface area contributed by atoms with Gasteiger partial charge < -0.3 is 29.7 Å². The summed E-state index contributed by atoms with van der Waals surface area (Å²) in [5.74, 6) is -0.129. The molecule has 4 aliphatic heterocycles. The number of nitrogens with zero attached hydrogens (tertiary/aromatic N) is 7. The Labute approximate surface area is 288 Å². The number of hydrogen-bond donors (Lipinski definition) is 1. The number of piperidine rings is 2. The topological polar surface area (TPSA) is 106 Å². The van der Waals surface area contributed by atoms with Crippen LogP contribution in [0.1, 0.15) is 42.4 Å². The molecule has 0 bridgehead atoms. The highest BCUT2D eigenvalue weighted by molar-refractivity contribution is 5.91. The molecule has 3 aromatic rings. The van der Waals surface area contributed by atoms with Crippen LogP contribution in [0.4, 0.5) is 15.3 Å². The smallest absolute Gasteiger partial charge is 0.410 e. The molecule has 7 rings (SSSR count). The van der Waals surface area contributed by atoms with Crippen molar-refractivity contribution < 1.29 is 19.1 Å². The minimum absolute atomic E-state index is 0.0332. The fourth-order valence-electron chi connectivity index (χ4n) is 8.31. The van der Waals surface area contributed by atoms with Crippen molar-refractivity contribution in [3.63, 3.8) is 0 Å². The van der Waals surface area contributed by atoms with Crippen LogP contribution < -0.4 is 5.32 Å². The summed E-state index contributed by atoms with van der Waals surface area (Å²) < 4.78 is 8.01. The second-order valence-electron chi connectivity index (χ2n) is 14.3. The molecule has 2 aromatic carbocycles. The van der Waals surface area contributed by atoms with E-state index in [2.05, 4.69) is 45.5 Å². The molecular weight excluding hydrogens is 620 g/mol. The number of hydrogen-bond acceptors (Lipinski definition) is 7. The van der Waals surface area contributed by atoms with Gasteiger partial charge in [0.1, 0.15) is 0 Å². The van der Waals surface area contributed by atoms with Crippen molar-refractivity contribution in [2.24, 2.45) is 7.05 Å². The van der Waals surface area contributed by atoms with Crippen LogP contribution in [0.5, 0.6) is 0 Å². The van der Waals surface area contributed by atoms with Gasteiger partial charge in [-0.2, -0.15) is 5.10 Å². The summed E-state index contributed by atoms with van der Waals surface area (Å²) in [5, 5.41) is 8.49. The Balaban J connectivity index is 1.01. The van der Waals surface area contributed by atoms with Crippen molar-refractivity contribution in [3.05, 3.63) is 59.3 Å². The summed E-state index contributed by atoms with van der Waals surface area (Å²) in [7, 11) is 4.10. The number of benzene rings is 2. The minimum Gasteiger partial charge on any atom is -0.436 e. The first-order valence-electron chi connectivity index (χ1n) is 18.0. The predicted octanol–water partition coefficient (Wildman–Crippen LogP) is 3.72. The SMILES string of the molecule is Cc1cc(C[C@@H](OC(=O)N2CCC(N3CCc4ccccc4NC3=O)CC2)C(=O)N2CCN(C3CCN(C)CC3)CC2)cc2cnn(C)c12. The van der Waals surface area contributed by atoms with Gasteiger partial charge in [-0.25, -0.2) is 9.59 Å². The van der Waals surface area contributed by atoms with Crippen LogP contribution in [0.25, 0.3) is 10.9 Å². The van der Waals surface area contributed by atoms with E-state index in [0.29, 0.717) is 58.0 Å². The lowest BCUT2D eigenvalue weighted by Gasteiger charge is -2.42. The number of likely N-dealkylation sites (tertiary alicyclic amines) is 2. The highest BCUT2D eigenvalue weighted by Gasteiger charge is 2.36. The first-order valence-corrected chi connectivity index (χ1v) is 18.0. The van der Waals surface area contributed by atoms with E-state index >= 15 is 0 Å². The summed E-state index contributed by atoms with van der Waals surface area (Å²) in [6, 6.07) is 12.6. The van der Waals surface area contributed by atoms with Gasteiger partial charge in [0, 0.05) is 82.4 Å². The lowest BCUT2D eigenvalue weighted by atomic mass is 10.0. The molecule has 1 atom stereocenters. The van der Waals surface area contributed by atoms with Crippen LogP contribution in [0.3, 0.4) is 0 Å². The maximum atomic E-state index is 14.2. The Morgan fingerprint density at radius 3 is 2.37 bits per heavy atom.